The van der Waals surface area contributed by atoms with Gasteiger partial charge in [-0.05, 0) is 57.5 Å². The highest BCUT2D eigenvalue weighted by Crippen LogP contribution is 2.31. The molecule has 2 aromatic carbocycles. The summed E-state index contributed by atoms with van der Waals surface area (Å²) >= 11 is 1.50. The molecule has 4 rings (SSSR count). The summed E-state index contributed by atoms with van der Waals surface area (Å²) in [5.41, 5.74) is 2.17. The van der Waals surface area contributed by atoms with E-state index < -0.39 is 34.4 Å². The molecule has 0 radical (unpaired) electrons. The molecule has 1 amide bonds. The Morgan fingerprint density at radius 3 is 2.65 bits per heavy atom. The van der Waals surface area contributed by atoms with E-state index in [-0.39, 0.29) is 36.1 Å². The Hall–Kier alpha value is -3.17. The SMILES string of the molecule is CCOC1OC(=O)CC1NS(=O)(=O)c1ccc(NC(=O)CN(CC)CC)cc1O[C@H](C)Cn1c(SC)nc2ccccc21. The number of nitrogens with one attached hydrogen (secondary N) is 2. The summed E-state index contributed by atoms with van der Waals surface area (Å²) in [4.78, 5) is 31.2. The highest BCUT2D eigenvalue weighted by atomic mass is 32.2. The average molecular weight is 634 g/mol. The summed E-state index contributed by atoms with van der Waals surface area (Å²) in [6.45, 7) is 9.77. The number of nitrogens with zero attached hydrogens (tertiary/aromatic N) is 3. The monoisotopic (exact) mass is 633 g/mol. The van der Waals surface area contributed by atoms with Gasteiger partial charge in [-0.2, -0.15) is 0 Å². The zero-order valence-corrected chi connectivity index (χ0v) is 26.7. The number of thioether (sulfide) groups is 1. The fourth-order valence-corrected chi connectivity index (χ4v) is 6.78. The van der Waals surface area contributed by atoms with E-state index in [0.717, 1.165) is 29.3 Å². The Morgan fingerprint density at radius 1 is 1.21 bits per heavy atom. The number of hydrogen-bond donors (Lipinski definition) is 2. The zero-order valence-electron chi connectivity index (χ0n) is 25.0. The molecule has 2 unspecified atom stereocenters. The molecule has 3 atom stereocenters. The fraction of sp³-hybridized carbons (Fsp3) is 0.483. The minimum absolute atomic E-state index is 0.0500. The molecule has 234 valence electrons. The molecule has 0 aliphatic carbocycles. The number of ether oxygens (including phenoxy) is 3. The van der Waals surface area contributed by atoms with Crippen LogP contribution in [-0.4, -0.2) is 85.7 Å². The lowest BCUT2D eigenvalue weighted by Crippen LogP contribution is -2.41. The molecule has 1 aromatic heterocycles. The molecule has 3 aromatic rings. The number of para-hydroxylation sites is 2. The first-order valence-corrected chi connectivity index (χ1v) is 16.9. The van der Waals surface area contributed by atoms with Crippen LogP contribution in [0.2, 0.25) is 0 Å². The average Bonchev–Trinajstić information content (AvgIpc) is 3.49. The molecule has 1 fully saturated rings. The van der Waals surface area contributed by atoms with Crippen LogP contribution in [0.4, 0.5) is 5.69 Å². The van der Waals surface area contributed by atoms with Crippen molar-refractivity contribution in [2.45, 2.75) is 69.1 Å². The van der Waals surface area contributed by atoms with Crippen LogP contribution in [0.1, 0.15) is 34.1 Å². The molecule has 0 bridgehead atoms. The van der Waals surface area contributed by atoms with Crippen LogP contribution >= 0.6 is 11.8 Å². The van der Waals surface area contributed by atoms with Gasteiger partial charge in [0.1, 0.15) is 16.7 Å². The van der Waals surface area contributed by atoms with Crippen LogP contribution in [0.25, 0.3) is 11.0 Å². The van der Waals surface area contributed by atoms with Crippen molar-refractivity contribution in [3.05, 3.63) is 42.5 Å². The number of hydrogen-bond acceptors (Lipinski definition) is 10. The van der Waals surface area contributed by atoms with Crippen LogP contribution in [-0.2, 0) is 35.6 Å². The molecule has 1 aliphatic rings. The molecular formula is C29H39N5O7S2. The van der Waals surface area contributed by atoms with Crippen molar-refractivity contribution >= 4 is 50.4 Å². The summed E-state index contributed by atoms with van der Waals surface area (Å²) < 4.78 is 48.8. The number of likely N-dealkylation sites (N-methyl/N-ethyl adjacent to an activating group) is 1. The molecule has 1 saturated heterocycles. The lowest BCUT2D eigenvalue weighted by Gasteiger charge is -2.22. The first-order chi connectivity index (χ1) is 20.6. The van der Waals surface area contributed by atoms with E-state index in [1.165, 1.54) is 30.0 Å². The third kappa shape index (κ3) is 8.06. The van der Waals surface area contributed by atoms with E-state index in [9.17, 15) is 18.0 Å². The van der Waals surface area contributed by atoms with Gasteiger partial charge in [0, 0.05) is 18.4 Å². The summed E-state index contributed by atoms with van der Waals surface area (Å²) in [6, 6.07) is 11.3. The van der Waals surface area contributed by atoms with Gasteiger partial charge < -0.3 is 24.1 Å². The summed E-state index contributed by atoms with van der Waals surface area (Å²) in [6.07, 6.45) is 0.248. The lowest BCUT2D eigenvalue weighted by molar-refractivity contribution is -0.163. The molecule has 12 nitrogen and oxygen atoms in total. The van der Waals surface area contributed by atoms with E-state index in [1.807, 2.05) is 60.8 Å². The molecule has 0 spiro atoms. The molecular weight excluding hydrogens is 594 g/mol. The van der Waals surface area contributed by atoms with Crippen molar-refractivity contribution in [1.29, 1.82) is 0 Å². The predicted molar refractivity (Wildman–Crippen MR) is 165 cm³/mol. The van der Waals surface area contributed by atoms with Crippen molar-refractivity contribution in [2.75, 3.05) is 37.8 Å². The molecule has 2 heterocycles. The van der Waals surface area contributed by atoms with Gasteiger partial charge in [-0.25, -0.2) is 18.1 Å². The largest absolute Gasteiger partial charge is 0.487 e. The minimum atomic E-state index is -4.21. The van der Waals surface area contributed by atoms with E-state index in [1.54, 1.807) is 6.92 Å². The summed E-state index contributed by atoms with van der Waals surface area (Å²) in [5, 5.41) is 3.65. The molecule has 14 heteroatoms. The quantitative estimate of drug-likeness (QED) is 0.189. The standard InChI is InChI=1S/C29H39N5O7S2/c1-6-33(7-2)18-26(35)30-20-13-14-25(43(37,38)32-22-16-27(36)41-28(22)39-8-3)24(15-20)40-19(4)17-34-23-12-10-9-11-21(23)31-29(34)42-5/h9-15,19,22,28,32H,6-8,16-18H2,1-5H3,(H,30,35)/t19-,22?,28?/m1/s1. The molecule has 2 N–H and O–H groups in total. The van der Waals surface area contributed by atoms with Crippen molar-refractivity contribution < 1.29 is 32.2 Å². The zero-order chi connectivity index (χ0) is 31.1. The number of cyclic esters (lactones) is 1. The van der Waals surface area contributed by atoms with Crippen molar-refractivity contribution in [1.82, 2.24) is 19.2 Å². The Morgan fingerprint density at radius 2 is 1.95 bits per heavy atom. The Kier molecular flexibility index (Phi) is 11.1. The molecule has 1 aliphatic heterocycles. The maximum atomic E-state index is 13.7. The number of benzene rings is 2. The Bertz CT molecular complexity index is 1540. The van der Waals surface area contributed by atoms with E-state index >= 15 is 0 Å². The number of rotatable bonds is 15. The number of aromatic nitrogens is 2. The van der Waals surface area contributed by atoms with Gasteiger partial charge in [0.2, 0.25) is 22.2 Å². The third-order valence-corrected chi connectivity index (χ3v) is 9.15. The number of carbonyl (C=O) groups excluding carboxylic acids is 2. The van der Waals surface area contributed by atoms with Crippen molar-refractivity contribution in [2.24, 2.45) is 0 Å². The highest BCUT2D eigenvalue weighted by molar-refractivity contribution is 7.98. The number of carbonyl (C=O) groups is 2. The van der Waals surface area contributed by atoms with Crippen LogP contribution < -0.4 is 14.8 Å². The number of amides is 1. The minimum Gasteiger partial charge on any atom is -0.487 e. The topological polar surface area (TPSA) is 141 Å². The fourth-order valence-electron chi connectivity index (χ4n) is 4.86. The van der Waals surface area contributed by atoms with Crippen molar-refractivity contribution in [3.8, 4) is 5.75 Å². The second kappa shape index (κ2) is 14.5. The number of fused-ring (bicyclic) bond motifs is 1. The third-order valence-electron chi connectivity index (χ3n) is 6.95. The smallest absolute Gasteiger partial charge is 0.310 e. The number of anilines is 1. The van der Waals surface area contributed by atoms with Crippen molar-refractivity contribution in [3.63, 3.8) is 0 Å². The second-order valence-corrected chi connectivity index (χ2v) is 12.5. The van der Waals surface area contributed by atoms with Crippen LogP contribution in [0.5, 0.6) is 5.75 Å². The number of esters is 1. The normalized spacial score (nSPS) is 17.8. The number of sulfonamides is 1. The first-order valence-electron chi connectivity index (χ1n) is 14.2. The highest BCUT2D eigenvalue weighted by Gasteiger charge is 2.39. The summed E-state index contributed by atoms with van der Waals surface area (Å²) in [5.74, 6) is -0.735. The predicted octanol–water partition coefficient (Wildman–Crippen LogP) is 3.46. The molecule has 43 heavy (non-hydrogen) atoms. The van der Waals surface area contributed by atoms with E-state index in [0.29, 0.717) is 12.2 Å². The van der Waals surface area contributed by atoms with Crippen LogP contribution in [0.15, 0.2) is 52.5 Å². The van der Waals surface area contributed by atoms with Crippen LogP contribution in [0, 0.1) is 0 Å². The van der Waals surface area contributed by atoms with Gasteiger partial charge in [0.05, 0.1) is 36.6 Å². The Balaban J connectivity index is 1.63. The van der Waals surface area contributed by atoms with E-state index in [2.05, 4.69) is 15.0 Å². The Labute approximate surface area is 256 Å². The van der Waals surface area contributed by atoms with Gasteiger partial charge in [0.15, 0.2) is 5.16 Å². The van der Waals surface area contributed by atoms with Gasteiger partial charge in [-0.3, -0.25) is 14.5 Å². The van der Waals surface area contributed by atoms with Crippen LogP contribution in [0.3, 0.4) is 0 Å². The van der Waals surface area contributed by atoms with E-state index in [4.69, 9.17) is 14.2 Å². The molecule has 0 saturated carbocycles. The maximum Gasteiger partial charge on any atom is 0.310 e. The second-order valence-electron chi connectivity index (χ2n) is 10.0. The van der Waals surface area contributed by atoms with Gasteiger partial charge in [-0.1, -0.05) is 37.7 Å². The lowest BCUT2D eigenvalue weighted by atomic mass is 10.2. The van der Waals surface area contributed by atoms with Gasteiger partial charge >= 0.3 is 5.97 Å². The first kappa shape index (κ1) is 32.7. The maximum absolute atomic E-state index is 13.7. The van der Waals surface area contributed by atoms with Gasteiger partial charge in [0.25, 0.3) is 0 Å². The summed E-state index contributed by atoms with van der Waals surface area (Å²) in [7, 11) is -4.21. The number of imidazole rings is 1. The van der Waals surface area contributed by atoms with Gasteiger partial charge in [-0.15, -0.1) is 0 Å².